The molecule has 0 spiro atoms. The summed E-state index contributed by atoms with van der Waals surface area (Å²) < 4.78 is 12.6. The Morgan fingerprint density at radius 1 is 1.24 bits per heavy atom. The van der Waals surface area contributed by atoms with E-state index >= 15 is 0 Å². The van der Waals surface area contributed by atoms with Crippen LogP contribution in [0.3, 0.4) is 0 Å². The van der Waals surface area contributed by atoms with Gasteiger partial charge in [0.1, 0.15) is 0 Å². The van der Waals surface area contributed by atoms with E-state index in [-0.39, 0.29) is 5.25 Å². The molecule has 17 heavy (non-hydrogen) atoms. The lowest BCUT2D eigenvalue weighted by atomic mass is 10.1. The maximum Gasteiger partial charge on any atom is 0.0611 e. The third-order valence-corrected chi connectivity index (χ3v) is 5.71. The fourth-order valence-electron chi connectivity index (χ4n) is 2.59. The van der Waals surface area contributed by atoms with E-state index in [9.17, 15) is 4.21 Å². The molecule has 2 N–H and O–H groups in total. The lowest BCUT2D eigenvalue weighted by molar-refractivity contribution is 0.648. The molecule has 1 fully saturated rings. The first-order valence-corrected chi connectivity index (χ1v) is 7.75. The van der Waals surface area contributed by atoms with Crippen LogP contribution in [0.2, 0.25) is 0 Å². The average Bonchev–Trinajstić information content (AvgIpc) is 2.90. The average molecular weight is 251 g/mol. The second-order valence-corrected chi connectivity index (χ2v) is 6.60. The smallest absolute Gasteiger partial charge is 0.0611 e. The number of benzene rings is 1. The first-order valence-electron chi connectivity index (χ1n) is 6.47. The zero-order chi connectivity index (χ0) is 12.1. The van der Waals surface area contributed by atoms with E-state index in [0.717, 1.165) is 19.3 Å². The Hall–Kier alpha value is -0.670. The van der Waals surface area contributed by atoms with Gasteiger partial charge in [-0.15, -0.1) is 0 Å². The first kappa shape index (κ1) is 12.8. The molecule has 1 aliphatic carbocycles. The van der Waals surface area contributed by atoms with Crippen molar-refractivity contribution in [3.8, 4) is 0 Å². The summed E-state index contributed by atoms with van der Waals surface area (Å²) in [5.74, 6) is 0. The molecule has 2 atom stereocenters. The van der Waals surface area contributed by atoms with Crippen molar-refractivity contribution in [2.75, 3.05) is 6.54 Å². The predicted octanol–water partition coefficient (Wildman–Crippen LogP) is 2.77. The Kier molecular flexibility index (Phi) is 4.75. The van der Waals surface area contributed by atoms with Crippen molar-refractivity contribution in [1.82, 2.24) is 0 Å². The number of rotatable bonds is 5. The van der Waals surface area contributed by atoms with Crippen molar-refractivity contribution in [2.45, 2.75) is 42.6 Å². The number of hydrogen-bond acceptors (Lipinski definition) is 2. The molecular weight excluding hydrogens is 230 g/mol. The van der Waals surface area contributed by atoms with Gasteiger partial charge in [0.25, 0.3) is 0 Å². The minimum Gasteiger partial charge on any atom is -0.330 e. The summed E-state index contributed by atoms with van der Waals surface area (Å²) >= 11 is 0. The molecule has 0 bridgehead atoms. The van der Waals surface area contributed by atoms with Gasteiger partial charge in [0, 0.05) is 16.0 Å². The van der Waals surface area contributed by atoms with Crippen LogP contribution in [0, 0.1) is 0 Å². The largest absolute Gasteiger partial charge is 0.330 e. The molecule has 1 aromatic carbocycles. The van der Waals surface area contributed by atoms with Crippen LogP contribution in [0.15, 0.2) is 30.3 Å². The van der Waals surface area contributed by atoms with E-state index in [2.05, 4.69) is 12.1 Å². The van der Waals surface area contributed by atoms with Crippen LogP contribution in [0.5, 0.6) is 0 Å². The highest BCUT2D eigenvalue weighted by molar-refractivity contribution is 7.85. The van der Waals surface area contributed by atoms with Gasteiger partial charge in [-0.05, 0) is 31.4 Å². The van der Waals surface area contributed by atoms with Crippen LogP contribution in [0.25, 0.3) is 0 Å². The minimum absolute atomic E-state index is 0.129. The maximum atomic E-state index is 12.6. The maximum absolute atomic E-state index is 12.6. The SMILES string of the molecule is NCCC(c1ccccc1)S(=O)C1CCCC1. The van der Waals surface area contributed by atoms with E-state index < -0.39 is 10.8 Å². The number of hydrogen-bond donors (Lipinski definition) is 1. The van der Waals surface area contributed by atoms with Crippen LogP contribution in [-0.4, -0.2) is 16.0 Å². The van der Waals surface area contributed by atoms with Crippen molar-refractivity contribution in [3.63, 3.8) is 0 Å². The Balaban J connectivity index is 2.13. The van der Waals surface area contributed by atoms with Crippen LogP contribution in [0.1, 0.15) is 42.9 Å². The molecule has 94 valence electrons. The van der Waals surface area contributed by atoms with Crippen molar-refractivity contribution in [3.05, 3.63) is 35.9 Å². The monoisotopic (exact) mass is 251 g/mol. The molecule has 0 aliphatic heterocycles. The van der Waals surface area contributed by atoms with Gasteiger partial charge in [0.2, 0.25) is 0 Å². The fourth-order valence-corrected chi connectivity index (χ4v) is 4.65. The van der Waals surface area contributed by atoms with Crippen LogP contribution < -0.4 is 5.73 Å². The van der Waals surface area contributed by atoms with Gasteiger partial charge in [-0.3, -0.25) is 4.21 Å². The zero-order valence-corrected chi connectivity index (χ0v) is 11.0. The first-order chi connectivity index (χ1) is 8.33. The highest BCUT2D eigenvalue weighted by Crippen LogP contribution is 2.32. The van der Waals surface area contributed by atoms with Crippen LogP contribution >= 0.6 is 0 Å². The highest BCUT2D eigenvalue weighted by Gasteiger charge is 2.28. The van der Waals surface area contributed by atoms with Gasteiger partial charge in [0.15, 0.2) is 0 Å². The summed E-state index contributed by atoms with van der Waals surface area (Å²) in [5, 5.41) is 0.524. The van der Waals surface area contributed by atoms with Gasteiger partial charge in [0.05, 0.1) is 5.25 Å². The Bertz CT molecular complexity index is 360. The van der Waals surface area contributed by atoms with E-state index in [1.165, 1.54) is 18.4 Å². The molecule has 2 rings (SSSR count). The molecule has 1 aliphatic rings. The summed E-state index contributed by atoms with van der Waals surface area (Å²) in [6.07, 6.45) is 5.55. The zero-order valence-electron chi connectivity index (χ0n) is 10.2. The van der Waals surface area contributed by atoms with Gasteiger partial charge >= 0.3 is 0 Å². The second-order valence-electron chi connectivity index (χ2n) is 4.71. The fraction of sp³-hybridized carbons (Fsp3) is 0.571. The van der Waals surface area contributed by atoms with E-state index in [0.29, 0.717) is 11.8 Å². The van der Waals surface area contributed by atoms with Gasteiger partial charge < -0.3 is 5.73 Å². The van der Waals surface area contributed by atoms with Crippen LogP contribution in [0.4, 0.5) is 0 Å². The standard InChI is InChI=1S/C14H21NOS/c15-11-10-14(12-6-2-1-3-7-12)17(16)13-8-4-5-9-13/h1-3,6-7,13-14H,4-5,8-11,15H2. The molecule has 0 saturated heterocycles. The van der Waals surface area contributed by atoms with Crippen molar-refractivity contribution < 1.29 is 4.21 Å². The molecule has 0 amide bonds. The number of nitrogens with two attached hydrogens (primary N) is 1. The van der Waals surface area contributed by atoms with Crippen molar-refractivity contribution >= 4 is 10.8 Å². The van der Waals surface area contributed by atoms with E-state index in [4.69, 9.17) is 5.73 Å². The predicted molar refractivity (Wildman–Crippen MR) is 73.3 cm³/mol. The molecule has 2 unspecified atom stereocenters. The molecule has 0 radical (unpaired) electrons. The summed E-state index contributed by atoms with van der Waals surface area (Å²) in [6, 6.07) is 10.2. The Morgan fingerprint density at radius 3 is 2.47 bits per heavy atom. The van der Waals surface area contributed by atoms with E-state index in [1.807, 2.05) is 18.2 Å². The molecule has 2 nitrogen and oxygen atoms in total. The van der Waals surface area contributed by atoms with Crippen molar-refractivity contribution in [1.29, 1.82) is 0 Å². The topological polar surface area (TPSA) is 43.1 Å². The summed E-state index contributed by atoms with van der Waals surface area (Å²) in [6.45, 7) is 0.609. The highest BCUT2D eigenvalue weighted by atomic mass is 32.2. The Morgan fingerprint density at radius 2 is 1.88 bits per heavy atom. The normalized spacial score (nSPS) is 20.3. The van der Waals surface area contributed by atoms with Gasteiger partial charge in [-0.2, -0.15) is 0 Å². The summed E-state index contributed by atoms with van der Waals surface area (Å²) in [5.41, 5.74) is 6.85. The van der Waals surface area contributed by atoms with Gasteiger partial charge in [-0.25, -0.2) is 0 Å². The third-order valence-electron chi connectivity index (χ3n) is 3.51. The molecule has 3 heteroatoms. The quantitative estimate of drug-likeness (QED) is 0.874. The van der Waals surface area contributed by atoms with Gasteiger partial charge in [-0.1, -0.05) is 43.2 Å². The lowest BCUT2D eigenvalue weighted by Gasteiger charge is -2.20. The summed E-state index contributed by atoms with van der Waals surface area (Å²) in [7, 11) is -0.764. The molecular formula is C14H21NOS. The van der Waals surface area contributed by atoms with Crippen LogP contribution in [-0.2, 0) is 10.8 Å². The third kappa shape index (κ3) is 3.17. The lowest BCUT2D eigenvalue weighted by Crippen LogP contribution is -2.20. The van der Waals surface area contributed by atoms with E-state index in [1.54, 1.807) is 0 Å². The second kappa shape index (κ2) is 6.31. The minimum atomic E-state index is -0.764. The molecule has 0 aromatic heterocycles. The molecule has 1 aromatic rings. The van der Waals surface area contributed by atoms with Crippen molar-refractivity contribution in [2.24, 2.45) is 5.73 Å². The molecule has 0 heterocycles. The molecule has 1 saturated carbocycles. The Labute approximate surface area is 106 Å². The summed E-state index contributed by atoms with van der Waals surface area (Å²) in [4.78, 5) is 0.